The normalized spacial score (nSPS) is 26.1. The van der Waals surface area contributed by atoms with Crippen molar-refractivity contribution in [2.24, 2.45) is 5.92 Å². The molecular formula is C14H21ClN2. The molecule has 17 heavy (non-hydrogen) atoms. The Hall–Kier alpha value is -0.730. The largest absolute Gasteiger partial charge is 0.398 e. The van der Waals surface area contributed by atoms with Crippen molar-refractivity contribution in [1.29, 1.82) is 0 Å². The average Bonchev–Trinajstić information content (AvgIpc) is 2.28. The maximum atomic E-state index is 6.23. The van der Waals surface area contributed by atoms with Gasteiger partial charge in [0.25, 0.3) is 0 Å². The minimum atomic E-state index is 0.627. The van der Waals surface area contributed by atoms with E-state index in [-0.39, 0.29) is 0 Å². The summed E-state index contributed by atoms with van der Waals surface area (Å²) in [5, 5.41) is 0.787. The fourth-order valence-electron chi connectivity index (χ4n) is 2.55. The van der Waals surface area contributed by atoms with Crippen LogP contribution < -0.4 is 5.73 Å². The lowest BCUT2D eigenvalue weighted by Crippen LogP contribution is -2.40. The first-order chi connectivity index (χ1) is 8.08. The van der Waals surface area contributed by atoms with Crippen molar-refractivity contribution in [2.75, 3.05) is 12.3 Å². The molecule has 1 aliphatic rings. The molecule has 0 saturated carbocycles. The van der Waals surface area contributed by atoms with E-state index < -0.39 is 0 Å². The number of piperidine rings is 1. The molecule has 0 spiro atoms. The molecule has 1 aliphatic heterocycles. The average molecular weight is 253 g/mol. The number of likely N-dealkylation sites (tertiary alicyclic amines) is 1. The van der Waals surface area contributed by atoms with Gasteiger partial charge in [-0.2, -0.15) is 0 Å². The maximum absolute atomic E-state index is 6.23. The van der Waals surface area contributed by atoms with Gasteiger partial charge in [-0.3, -0.25) is 4.90 Å². The quantitative estimate of drug-likeness (QED) is 0.816. The summed E-state index contributed by atoms with van der Waals surface area (Å²) in [6.45, 7) is 6.62. The van der Waals surface area contributed by atoms with E-state index in [9.17, 15) is 0 Å². The summed E-state index contributed by atoms with van der Waals surface area (Å²) in [5.74, 6) is 0.773. The molecule has 2 N–H and O–H groups in total. The molecule has 0 aliphatic carbocycles. The number of hydrogen-bond donors (Lipinski definition) is 1. The van der Waals surface area contributed by atoms with Crippen LogP contribution in [0, 0.1) is 5.92 Å². The molecule has 3 heteroatoms. The number of nitrogens with two attached hydrogens (primary N) is 1. The van der Waals surface area contributed by atoms with Crippen LogP contribution in [0.1, 0.15) is 32.3 Å². The van der Waals surface area contributed by atoms with Gasteiger partial charge in [0.05, 0.1) is 0 Å². The summed E-state index contributed by atoms with van der Waals surface area (Å²) in [6, 6.07) is 6.38. The van der Waals surface area contributed by atoms with E-state index in [2.05, 4.69) is 18.7 Å². The summed E-state index contributed by atoms with van der Waals surface area (Å²) < 4.78 is 0. The van der Waals surface area contributed by atoms with E-state index in [0.717, 1.165) is 35.3 Å². The highest BCUT2D eigenvalue weighted by Crippen LogP contribution is 2.28. The van der Waals surface area contributed by atoms with Gasteiger partial charge in [-0.15, -0.1) is 0 Å². The molecule has 2 unspecified atom stereocenters. The third-order valence-corrected chi connectivity index (χ3v) is 4.12. The highest BCUT2D eigenvalue weighted by Gasteiger charge is 2.23. The lowest BCUT2D eigenvalue weighted by Gasteiger charge is -2.37. The Kier molecular flexibility index (Phi) is 3.95. The van der Waals surface area contributed by atoms with Gasteiger partial charge in [-0.1, -0.05) is 24.6 Å². The number of hydrogen-bond acceptors (Lipinski definition) is 2. The maximum Gasteiger partial charge on any atom is 0.0471 e. The third kappa shape index (κ3) is 2.93. The Balaban J connectivity index is 2.14. The highest BCUT2D eigenvalue weighted by atomic mass is 35.5. The first-order valence-electron chi connectivity index (χ1n) is 6.35. The van der Waals surface area contributed by atoms with Gasteiger partial charge in [-0.05, 0) is 37.8 Å². The van der Waals surface area contributed by atoms with E-state index in [4.69, 9.17) is 17.3 Å². The molecule has 0 amide bonds. The molecule has 1 saturated heterocycles. The van der Waals surface area contributed by atoms with Crippen molar-refractivity contribution in [3.05, 3.63) is 28.8 Å². The standard InChI is InChI=1S/C14H21ClN2/c1-10-6-7-11(2)17(8-10)9-12-13(15)4-3-5-14(12)16/h3-5,10-11H,6-9,16H2,1-2H3. The van der Waals surface area contributed by atoms with Crippen LogP contribution >= 0.6 is 11.6 Å². The van der Waals surface area contributed by atoms with Gasteiger partial charge in [0.2, 0.25) is 0 Å². The van der Waals surface area contributed by atoms with Crippen LogP contribution in [0.15, 0.2) is 18.2 Å². The molecule has 1 heterocycles. The SMILES string of the molecule is CC1CCC(C)N(Cc2c(N)cccc2Cl)C1. The molecule has 0 radical (unpaired) electrons. The van der Waals surface area contributed by atoms with E-state index in [1.807, 2.05) is 18.2 Å². The second-order valence-corrected chi connectivity index (χ2v) is 5.68. The number of benzene rings is 1. The summed E-state index contributed by atoms with van der Waals surface area (Å²) in [4.78, 5) is 2.49. The Morgan fingerprint density at radius 1 is 1.35 bits per heavy atom. The monoisotopic (exact) mass is 252 g/mol. The Morgan fingerprint density at radius 2 is 2.12 bits per heavy atom. The number of nitrogen functional groups attached to an aromatic ring is 1. The molecule has 2 rings (SSSR count). The molecule has 0 aromatic heterocycles. The minimum Gasteiger partial charge on any atom is -0.398 e. The topological polar surface area (TPSA) is 29.3 Å². The van der Waals surface area contributed by atoms with Gasteiger partial charge in [0.15, 0.2) is 0 Å². The number of anilines is 1. The van der Waals surface area contributed by atoms with Gasteiger partial charge in [0, 0.05) is 35.4 Å². The summed E-state index contributed by atoms with van der Waals surface area (Å²) >= 11 is 6.23. The van der Waals surface area contributed by atoms with Crippen LogP contribution in [-0.2, 0) is 6.54 Å². The number of rotatable bonds is 2. The predicted octanol–water partition coefficient (Wildman–Crippen LogP) is 3.54. The zero-order valence-electron chi connectivity index (χ0n) is 10.6. The molecule has 2 nitrogen and oxygen atoms in total. The van der Waals surface area contributed by atoms with Crippen LogP contribution in [0.3, 0.4) is 0 Å². The van der Waals surface area contributed by atoms with E-state index in [1.54, 1.807) is 0 Å². The van der Waals surface area contributed by atoms with Crippen LogP contribution in [0.25, 0.3) is 0 Å². The molecule has 1 aromatic carbocycles. The molecule has 0 bridgehead atoms. The summed E-state index contributed by atoms with van der Waals surface area (Å²) in [7, 11) is 0. The van der Waals surface area contributed by atoms with Crippen LogP contribution in [0.4, 0.5) is 5.69 Å². The zero-order valence-corrected chi connectivity index (χ0v) is 11.4. The van der Waals surface area contributed by atoms with Gasteiger partial charge >= 0.3 is 0 Å². The van der Waals surface area contributed by atoms with E-state index in [0.29, 0.717) is 6.04 Å². The Morgan fingerprint density at radius 3 is 2.82 bits per heavy atom. The lowest BCUT2D eigenvalue weighted by molar-refractivity contribution is 0.117. The molecule has 1 aromatic rings. The summed E-state index contributed by atoms with van der Waals surface area (Å²) in [5.41, 5.74) is 7.89. The first-order valence-corrected chi connectivity index (χ1v) is 6.72. The van der Waals surface area contributed by atoms with Gasteiger partial charge < -0.3 is 5.73 Å². The number of halogens is 1. The lowest BCUT2D eigenvalue weighted by atomic mass is 9.94. The number of nitrogens with zero attached hydrogens (tertiary/aromatic N) is 1. The van der Waals surface area contributed by atoms with Crippen molar-refractivity contribution in [3.8, 4) is 0 Å². The fraction of sp³-hybridized carbons (Fsp3) is 0.571. The van der Waals surface area contributed by atoms with Gasteiger partial charge in [-0.25, -0.2) is 0 Å². The van der Waals surface area contributed by atoms with Crippen molar-refractivity contribution in [1.82, 2.24) is 4.90 Å². The minimum absolute atomic E-state index is 0.627. The molecule has 94 valence electrons. The van der Waals surface area contributed by atoms with Crippen molar-refractivity contribution >= 4 is 17.3 Å². The zero-order chi connectivity index (χ0) is 12.4. The van der Waals surface area contributed by atoms with E-state index in [1.165, 1.54) is 12.8 Å². The molecule has 1 fully saturated rings. The predicted molar refractivity (Wildman–Crippen MR) is 74.1 cm³/mol. The second-order valence-electron chi connectivity index (χ2n) is 5.27. The Labute approximate surface area is 109 Å². The first kappa shape index (κ1) is 12.7. The molecule has 2 atom stereocenters. The fourth-order valence-corrected chi connectivity index (χ4v) is 2.79. The second kappa shape index (κ2) is 5.28. The van der Waals surface area contributed by atoms with Crippen molar-refractivity contribution in [2.45, 2.75) is 39.3 Å². The van der Waals surface area contributed by atoms with Crippen molar-refractivity contribution < 1.29 is 0 Å². The van der Waals surface area contributed by atoms with Crippen molar-refractivity contribution in [3.63, 3.8) is 0 Å². The molecular weight excluding hydrogens is 232 g/mol. The van der Waals surface area contributed by atoms with Crippen LogP contribution in [0.2, 0.25) is 5.02 Å². The summed E-state index contributed by atoms with van der Waals surface area (Å²) in [6.07, 6.45) is 2.60. The van der Waals surface area contributed by atoms with Crippen LogP contribution in [0.5, 0.6) is 0 Å². The van der Waals surface area contributed by atoms with Crippen LogP contribution in [-0.4, -0.2) is 17.5 Å². The Bertz CT molecular complexity index is 372. The highest BCUT2D eigenvalue weighted by molar-refractivity contribution is 6.31. The van der Waals surface area contributed by atoms with Gasteiger partial charge in [0.1, 0.15) is 0 Å². The third-order valence-electron chi connectivity index (χ3n) is 3.76. The smallest absolute Gasteiger partial charge is 0.0471 e. The van der Waals surface area contributed by atoms with E-state index >= 15 is 0 Å².